The number of carbonyl (C=O) groups excluding carboxylic acids is 3. The Morgan fingerprint density at radius 2 is 1.83 bits per heavy atom. The number of rotatable bonds is 3. The largest absolute Gasteiger partial charge is 0.496 e. The second-order valence-electron chi connectivity index (χ2n) is 9.11. The number of methoxy groups -OCH3 is 1. The smallest absolute Gasteiger partial charge is 0.410 e. The molecule has 30 heavy (non-hydrogen) atoms. The Morgan fingerprint density at radius 1 is 1.20 bits per heavy atom. The van der Waals surface area contributed by atoms with E-state index in [9.17, 15) is 14.4 Å². The average Bonchev–Trinajstić information content (AvgIpc) is 2.90. The maximum absolute atomic E-state index is 13.3. The Hall–Kier alpha value is -2.77. The number of hydrogen-bond acceptors (Lipinski definition) is 5. The molecule has 164 valence electrons. The molecule has 2 aliphatic heterocycles. The highest BCUT2D eigenvalue weighted by Crippen LogP contribution is 2.34. The van der Waals surface area contributed by atoms with Crippen molar-refractivity contribution in [2.75, 3.05) is 20.2 Å². The van der Waals surface area contributed by atoms with Crippen LogP contribution in [0, 0.1) is 6.92 Å². The van der Waals surface area contributed by atoms with Gasteiger partial charge in [-0.05, 0) is 70.7 Å². The lowest BCUT2D eigenvalue weighted by molar-refractivity contribution is -0.133. The van der Waals surface area contributed by atoms with Crippen LogP contribution in [-0.2, 0) is 15.1 Å². The molecular weight excluding hydrogens is 386 g/mol. The average molecular weight is 418 g/mol. The number of nitrogens with zero attached hydrogens (tertiary/aromatic N) is 2. The molecule has 1 aromatic rings. The Labute approximate surface area is 177 Å². The number of imide groups is 1. The predicted molar refractivity (Wildman–Crippen MR) is 111 cm³/mol. The fourth-order valence-corrected chi connectivity index (χ4v) is 4.01. The molecule has 0 radical (unpaired) electrons. The molecule has 1 N–H and O–H groups in total. The molecule has 3 rings (SSSR count). The molecule has 2 fully saturated rings. The number of urea groups is 1. The highest BCUT2D eigenvalue weighted by molar-refractivity contribution is 6.07. The molecule has 8 nitrogen and oxygen atoms in total. The van der Waals surface area contributed by atoms with Gasteiger partial charge in [0.1, 0.15) is 16.9 Å². The molecule has 8 heteroatoms. The number of aryl methyl sites for hydroxylation is 1. The molecule has 0 bridgehead atoms. The molecular formula is C22H31N3O5. The van der Waals surface area contributed by atoms with Crippen molar-refractivity contribution in [1.29, 1.82) is 0 Å². The minimum absolute atomic E-state index is 0.252. The van der Waals surface area contributed by atoms with E-state index in [4.69, 9.17) is 9.47 Å². The van der Waals surface area contributed by atoms with Crippen molar-refractivity contribution in [2.24, 2.45) is 0 Å². The Balaban J connectivity index is 1.71. The van der Waals surface area contributed by atoms with Gasteiger partial charge in [-0.2, -0.15) is 0 Å². The van der Waals surface area contributed by atoms with Gasteiger partial charge < -0.3 is 19.7 Å². The topological polar surface area (TPSA) is 88.2 Å². The van der Waals surface area contributed by atoms with E-state index in [0.717, 1.165) is 11.3 Å². The summed E-state index contributed by atoms with van der Waals surface area (Å²) in [5, 5.41) is 2.86. The molecule has 0 aliphatic carbocycles. The molecule has 1 atom stereocenters. The van der Waals surface area contributed by atoms with E-state index in [1.807, 2.05) is 33.8 Å². The maximum atomic E-state index is 13.3. The van der Waals surface area contributed by atoms with Crippen LogP contribution in [0.1, 0.15) is 51.7 Å². The van der Waals surface area contributed by atoms with Crippen molar-refractivity contribution < 1.29 is 23.9 Å². The lowest BCUT2D eigenvalue weighted by Crippen LogP contribution is -2.50. The first-order valence-electron chi connectivity index (χ1n) is 10.2. The van der Waals surface area contributed by atoms with Crippen LogP contribution in [0.25, 0.3) is 0 Å². The molecule has 2 aliphatic rings. The highest BCUT2D eigenvalue weighted by Gasteiger charge is 2.51. The van der Waals surface area contributed by atoms with Crippen LogP contribution in [-0.4, -0.2) is 59.7 Å². The number of piperidine rings is 1. The second-order valence-corrected chi connectivity index (χ2v) is 9.11. The van der Waals surface area contributed by atoms with E-state index in [1.54, 1.807) is 31.1 Å². The number of carbonyl (C=O) groups is 3. The van der Waals surface area contributed by atoms with Crippen LogP contribution in [0.5, 0.6) is 5.75 Å². The van der Waals surface area contributed by atoms with Gasteiger partial charge in [-0.1, -0.05) is 6.07 Å². The third-order valence-electron chi connectivity index (χ3n) is 5.68. The van der Waals surface area contributed by atoms with Crippen molar-refractivity contribution >= 4 is 18.0 Å². The van der Waals surface area contributed by atoms with E-state index in [-0.39, 0.29) is 18.0 Å². The summed E-state index contributed by atoms with van der Waals surface area (Å²) in [6, 6.07) is 4.82. The van der Waals surface area contributed by atoms with E-state index < -0.39 is 17.2 Å². The molecule has 1 unspecified atom stereocenters. The van der Waals surface area contributed by atoms with Gasteiger partial charge >= 0.3 is 12.1 Å². The molecule has 1 aromatic carbocycles. The van der Waals surface area contributed by atoms with Crippen LogP contribution < -0.4 is 10.1 Å². The Morgan fingerprint density at radius 3 is 2.37 bits per heavy atom. The van der Waals surface area contributed by atoms with Gasteiger partial charge in [-0.15, -0.1) is 0 Å². The number of nitrogens with one attached hydrogen (secondary N) is 1. The SMILES string of the molecule is COc1ccc(C2(C)NC(=O)N(C3CCN(C(=O)OC(C)(C)C)CC3)C2=O)cc1C. The molecule has 2 saturated heterocycles. The Kier molecular flexibility index (Phi) is 5.71. The zero-order chi connectivity index (χ0) is 22.3. The lowest BCUT2D eigenvalue weighted by atomic mass is 9.90. The molecule has 0 aromatic heterocycles. The van der Waals surface area contributed by atoms with Crippen molar-refractivity contribution in [2.45, 2.75) is 64.6 Å². The highest BCUT2D eigenvalue weighted by atomic mass is 16.6. The van der Waals surface area contributed by atoms with Crippen LogP contribution in [0.3, 0.4) is 0 Å². The fraction of sp³-hybridized carbons (Fsp3) is 0.591. The zero-order valence-electron chi connectivity index (χ0n) is 18.6. The van der Waals surface area contributed by atoms with Gasteiger partial charge in [0.25, 0.3) is 5.91 Å². The predicted octanol–water partition coefficient (Wildman–Crippen LogP) is 3.17. The fourth-order valence-electron chi connectivity index (χ4n) is 4.01. The monoisotopic (exact) mass is 417 g/mol. The molecule has 0 saturated carbocycles. The van der Waals surface area contributed by atoms with Crippen LogP contribution in [0.15, 0.2) is 18.2 Å². The summed E-state index contributed by atoms with van der Waals surface area (Å²) < 4.78 is 10.7. The number of benzene rings is 1. The van der Waals surface area contributed by atoms with Gasteiger partial charge in [-0.3, -0.25) is 9.69 Å². The molecule has 2 heterocycles. The summed E-state index contributed by atoms with van der Waals surface area (Å²) in [7, 11) is 1.59. The van der Waals surface area contributed by atoms with E-state index in [0.29, 0.717) is 31.5 Å². The third-order valence-corrected chi connectivity index (χ3v) is 5.68. The van der Waals surface area contributed by atoms with Crippen LogP contribution in [0.2, 0.25) is 0 Å². The molecule has 0 spiro atoms. The van der Waals surface area contributed by atoms with Crippen LogP contribution >= 0.6 is 0 Å². The number of likely N-dealkylation sites (tertiary alicyclic amines) is 1. The first-order valence-corrected chi connectivity index (χ1v) is 10.2. The summed E-state index contributed by atoms with van der Waals surface area (Å²) in [5.41, 5.74) is -0.0803. The minimum atomic E-state index is -1.13. The first-order chi connectivity index (χ1) is 14.0. The van der Waals surface area contributed by atoms with Crippen LogP contribution in [0.4, 0.5) is 9.59 Å². The number of ether oxygens (including phenoxy) is 2. The van der Waals surface area contributed by atoms with Crippen molar-refractivity contribution in [1.82, 2.24) is 15.1 Å². The standard InChI is InChI=1S/C22H31N3O5/c1-14-13-15(7-8-17(14)29-6)22(5)18(26)25(19(27)23-22)16-9-11-24(12-10-16)20(28)30-21(2,3)4/h7-8,13,16H,9-12H2,1-6H3,(H,23,27). The van der Waals surface area contributed by atoms with Gasteiger partial charge in [0, 0.05) is 19.1 Å². The number of amides is 4. The second kappa shape index (κ2) is 7.81. The lowest BCUT2D eigenvalue weighted by Gasteiger charge is -2.36. The van der Waals surface area contributed by atoms with Crippen molar-refractivity contribution in [3.63, 3.8) is 0 Å². The maximum Gasteiger partial charge on any atom is 0.410 e. The summed E-state index contributed by atoms with van der Waals surface area (Å²) in [5.74, 6) is 0.457. The quantitative estimate of drug-likeness (QED) is 0.763. The normalized spacial score (nSPS) is 22.9. The van der Waals surface area contributed by atoms with Crippen molar-refractivity contribution in [3.8, 4) is 5.75 Å². The summed E-state index contributed by atoms with van der Waals surface area (Å²) >= 11 is 0. The molecule has 4 amide bonds. The summed E-state index contributed by atoms with van der Waals surface area (Å²) in [6.45, 7) is 9.98. The minimum Gasteiger partial charge on any atom is -0.496 e. The first kappa shape index (κ1) is 21.9. The zero-order valence-corrected chi connectivity index (χ0v) is 18.6. The third kappa shape index (κ3) is 4.08. The summed E-state index contributed by atoms with van der Waals surface area (Å²) in [4.78, 5) is 41.3. The van der Waals surface area contributed by atoms with Gasteiger partial charge in [0.15, 0.2) is 0 Å². The van der Waals surface area contributed by atoms with E-state index >= 15 is 0 Å². The summed E-state index contributed by atoms with van der Waals surface area (Å²) in [6.07, 6.45) is 0.684. The van der Waals surface area contributed by atoms with Gasteiger partial charge in [0.05, 0.1) is 7.11 Å². The van der Waals surface area contributed by atoms with Crippen molar-refractivity contribution in [3.05, 3.63) is 29.3 Å². The Bertz CT molecular complexity index is 855. The van der Waals surface area contributed by atoms with E-state index in [2.05, 4.69) is 5.32 Å². The number of hydrogen-bond donors (Lipinski definition) is 1. The van der Waals surface area contributed by atoms with E-state index in [1.165, 1.54) is 4.90 Å². The van der Waals surface area contributed by atoms with Gasteiger partial charge in [0.2, 0.25) is 0 Å². The van der Waals surface area contributed by atoms with Gasteiger partial charge in [-0.25, -0.2) is 9.59 Å².